The van der Waals surface area contributed by atoms with Gasteiger partial charge in [0.2, 0.25) is 0 Å². The Balaban J connectivity index is 1.46. The summed E-state index contributed by atoms with van der Waals surface area (Å²) in [6.45, 7) is 3.71. The van der Waals surface area contributed by atoms with Crippen LogP contribution in [0.1, 0.15) is 18.1 Å². The first-order chi connectivity index (χ1) is 16.0. The van der Waals surface area contributed by atoms with Gasteiger partial charge in [0.05, 0.1) is 19.8 Å². The van der Waals surface area contributed by atoms with E-state index in [1.807, 2.05) is 25.1 Å². The summed E-state index contributed by atoms with van der Waals surface area (Å²) in [5, 5.41) is 0. The van der Waals surface area contributed by atoms with Crippen LogP contribution >= 0.6 is 0 Å². The SMILES string of the molecule is CC1(COc2cc3c(cc2F)Oc2ccc(-c4cncnc4)cc2[C@@]32COC(N)=N2)COC1. The van der Waals surface area contributed by atoms with Crippen molar-refractivity contribution in [3.05, 3.63) is 66.0 Å². The van der Waals surface area contributed by atoms with Gasteiger partial charge in [-0.2, -0.15) is 0 Å². The average Bonchev–Trinajstić information content (AvgIpc) is 3.19. The number of benzene rings is 2. The Morgan fingerprint density at radius 2 is 1.82 bits per heavy atom. The number of aliphatic imine (C=N–C) groups is 1. The molecule has 2 N–H and O–H groups in total. The fraction of sp³-hybridized carbons (Fsp3) is 0.292. The number of fused-ring (bicyclic) bond motifs is 4. The first-order valence-corrected chi connectivity index (χ1v) is 10.6. The number of hydrogen-bond donors (Lipinski definition) is 1. The first-order valence-electron chi connectivity index (χ1n) is 10.6. The van der Waals surface area contributed by atoms with Gasteiger partial charge < -0.3 is 24.7 Å². The van der Waals surface area contributed by atoms with Crippen LogP contribution in [0.5, 0.6) is 17.2 Å². The zero-order valence-corrected chi connectivity index (χ0v) is 17.9. The fourth-order valence-electron chi connectivity index (χ4n) is 4.38. The van der Waals surface area contributed by atoms with Crippen LogP contribution in [0.3, 0.4) is 0 Å². The highest BCUT2D eigenvalue weighted by atomic mass is 19.1. The zero-order chi connectivity index (χ0) is 22.6. The summed E-state index contributed by atoms with van der Waals surface area (Å²) >= 11 is 0. The van der Waals surface area contributed by atoms with Crippen molar-refractivity contribution in [1.82, 2.24) is 9.97 Å². The second-order valence-electron chi connectivity index (χ2n) is 8.91. The number of amidine groups is 1. The Morgan fingerprint density at radius 3 is 2.52 bits per heavy atom. The molecule has 33 heavy (non-hydrogen) atoms. The van der Waals surface area contributed by atoms with Crippen molar-refractivity contribution < 1.29 is 23.3 Å². The summed E-state index contributed by atoms with van der Waals surface area (Å²) in [5.41, 5.74) is 7.96. The Labute approximate surface area is 189 Å². The number of hydrogen-bond acceptors (Lipinski definition) is 8. The van der Waals surface area contributed by atoms with Crippen molar-refractivity contribution >= 4 is 6.02 Å². The van der Waals surface area contributed by atoms with Crippen LogP contribution in [-0.2, 0) is 15.0 Å². The molecule has 1 fully saturated rings. The van der Waals surface area contributed by atoms with Gasteiger partial charge in [-0.15, -0.1) is 0 Å². The first kappa shape index (κ1) is 19.9. The largest absolute Gasteiger partial charge is 0.490 e. The van der Waals surface area contributed by atoms with Crippen LogP contribution in [0.15, 0.2) is 54.0 Å². The van der Waals surface area contributed by atoms with Crippen LogP contribution in [-0.4, -0.2) is 42.4 Å². The van der Waals surface area contributed by atoms with E-state index in [-0.39, 0.29) is 23.8 Å². The standard InChI is InChI=1S/C24H21FN4O4/c1-23(9-30-10-23)11-31-21-5-17-20(6-18(21)25)33-19-3-2-14(15-7-27-13-28-8-15)4-16(19)24(17)12-32-22(26)29-24/h2-8,13H,9-12H2,1H3,(H2,26,29)/t24-/m0/s1. The minimum atomic E-state index is -0.992. The molecule has 168 valence electrons. The molecule has 3 aromatic rings. The zero-order valence-electron chi connectivity index (χ0n) is 17.9. The van der Waals surface area contributed by atoms with Gasteiger partial charge in [-0.1, -0.05) is 13.0 Å². The minimum Gasteiger partial charge on any atom is -0.490 e. The molecule has 0 aliphatic carbocycles. The molecule has 0 saturated carbocycles. The lowest BCUT2D eigenvalue weighted by Gasteiger charge is -2.38. The third kappa shape index (κ3) is 3.19. The van der Waals surface area contributed by atoms with Gasteiger partial charge in [0.15, 0.2) is 17.1 Å². The van der Waals surface area contributed by atoms with E-state index in [0.29, 0.717) is 36.9 Å². The van der Waals surface area contributed by atoms with E-state index in [1.165, 1.54) is 12.4 Å². The molecule has 1 saturated heterocycles. The molecule has 0 bridgehead atoms. The number of aromatic nitrogens is 2. The lowest BCUT2D eigenvalue weighted by atomic mass is 9.80. The lowest BCUT2D eigenvalue weighted by molar-refractivity contribution is -0.120. The van der Waals surface area contributed by atoms with Crippen molar-refractivity contribution in [2.45, 2.75) is 12.5 Å². The maximum Gasteiger partial charge on any atom is 0.283 e. The molecule has 0 radical (unpaired) electrons. The second kappa shape index (κ2) is 7.14. The molecule has 1 spiro atoms. The topological polar surface area (TPSA) is 101 Å². The summed E-state index contributed by atoms with van der Waals surface area (Å²) in [6.07, 6.45) is 4.94. The number of halogens is 1. The highest BCUT2D eigenvalue weighted by molar-refractivity contribution is 5.78. The van der Waals surface area contributed by atoms with Crippen molar-refractivity contribution in [1.29, 1.82) is 0 Å². The van der Waals surface area contributed by atoms with E-state index >= 15 is 0 Å². The third-order valence-electron chi connectivity index (χ3n) is 6.23. The molecule has 3 aliphatic heterocycles. The predicted molar refractivity (Wildman–Crippen MR) is 117 cm³/mol. The van der Waals surface area contributed by atoms with Gasteiger partial charge in [0, 0.05) is 40.6 Å². The van der Waals surface area contributed by atoms with Gasteiger partial charge in [-0.05, 0) is 23.8 Å². The Morgan fingerprint density at radius 1 is 1.03 bits per heavy atom. The Hall–Kier alpha value is -3.72. The molecule has 8 nitrogen and oxygen atoms in total. The monoisotopic (exact) mass is 448 g/mol. The van der Waals surface area contributed by atoms with Gasteiger partial charge in [0.1, 0.15) is 24.4 Å². The van der Waals surface area contributed by atoms with Crippen LogP contribution in [0.25, 0.3) is 11.1 Å². The van der Waals surface area contributed by atoms with Gasteiger partial charge in [-0.25, -0.2) is 19.4 Å². The van der Waals surface area contributed by atoms with E-state index in [0.717, 1.165) is 16.7 Å². The molecule has 2 aromatic carbocycles. The molecule has 6 rings (SSSR count). The maximum absolute atomic E-state index is 14.9. The summed E-state index contributed by atoms with van der Waals surface area (Å²) in [5.74, 6) is 0.521. The molecule has 3 aliphatic rings. The summed E-state index contributed by atoms with van der Waals surface area (Å²) in [7, 11) is 0. The van der Waals surface area contributed by atoms with Gasteiger partial charge in [-0.3, -0.25) is 0 Å². The van der Waals surface area contributed by atoms with E-state index in [9.17, 15) is 4.39 Å². The van der Waals surface area contributed by atoms with E-state index < -0.39 is 11.4 Å². The van der Waals surface area contributed by atoms with Crippen LogP contribution < -0.4 is 15.2 Å². The van der Waals surface area contributed by atoms with Crippen molar-refractivity contribution in [3.63, 3.8) is 0 Å². The van der Waals surface area contributed by atoms with Crippen molar-refractivity contribution in [2.75, 3.05) is 26.4 Å². The highest BCUT2D eigenvalue weighted by Gasteiger charge is 2.48. The van der Waals surface area contributed by atoms with E-state index in [1.54, 1.807) is 18.5 Å². The molecule has 4 heterocycles. The van der Waals surface area contributed by atoms with Crippen LogP contribution in [0, 0.1) is 11.2 Å². The maximum atomic E-state index is 14.9. The quantitative estimate of drug-likeness (QED) is 0.653. The second-order valence-corrected chi connectivity index (χ2v) is 8.91. The number of nitrogens with zero attached hydrogens (tertiary/aromatic N) is 3. The van der Waals surface area contributed by atoms with E-state index in [4.69, 9.17) is 24.7 Å². The number of ether oxygens (including phenoxy) is 4. The summed E-state index contributed by atoms with van der Waals surface area (Å²) < 4.78 is 37.8. The van der Waals surface area contributed by atoms with Crippen LogP contribution in [0.2, 0.25) is 0 Å². The molecule has 1 aromatic heterocycles. The van der Waals surface area contributed by atoms with Crippen LogP contribution in [0.4, 0.5) is 4.39 Å². The molecule has 1 atom stereocenters. The minimum absolute atomic E-state index is 0.0631. The Kier molecular flexibility index (Phi) is 4.31. The normalized spacial score (nSPS) is 21.8. The molecular formula is C24H21FN4O4. The molecular weight excluding hydrogens is 427 g/mol. The molecule has 0 amide bonds. The summed E-state index contributed by atoms with van der Waals surface area (Å²) in [4.78, 5) is 12.9. The predicted octanol–water partition coefficient (Wildman–Crippen LogP) is 3.39. The fourth-order valence-corrected chi connectivity index (χ4v) is 4.38. The number of rotatable bonds is 4. The van der Waals surface area contributed by atoms with Gasteiger partial charge >= 0.3 is 0 Å². The Bertz CT molecular complexity index is 1280. The highest BCUT2D eigenvalue weighted by Crippen LogP contribution is 2.53. The molecule has 9 heteroatoms. The lowest BCUT2D eigenvalue weighted by Crippen LogP contribution is -2.44. The third-order valence-corrected chi connectivity index (χ3v) is 6.23. The van der Waals surface area contributed by atoms with Gasteiger partial charge in [0.25, 0.3) is 6.02 Å². The average molecular weight is 448 g/mol. The molecule has 0 unspecified atom stereocenters. The van der Waals surface area contributed by atoms with Crippen molar-refractivity contribution in [2.24, 2.45) is 16.1 Å². The van der Waals surface area contributed by atoms with Crippen molar-refractivity contribution in [3.8, 4) is 28.4 Å². The smallest absolute Gasteiger partial charge is 0.283 e. The summed E-state index contributed by atoms with van der Waals surface area (Å²) in [6, 6.07) is 8.71. The van der Waals surface area contributed by atoms with E-state index in [2.05, 4.69) is 15.0 Å². The number of nitrogens with two attached hydrogens (primary N) is 1.